The average molecular weight is 338 g/mol. The molecule has 0 amide bonds. The first-order chi connectivity index (χ1) is 11.6. The van der Waals surface area contributed by atoms with Gasteiger partial charge in [0.1, 0.15) is 11.0 Å². The molecule has 0 aliphatic carbocycles. The summed E-state index contributed by atoms with van der Waals surface area (Å²) >= 11 is 0. The van der Waals surface area contributed by atoms with E-state index in [0.29, 0.717) is 21.8 Å². The second kappa shape index (κ2) is 6.89. The van der Waals surface area contributed by atoms with Crippen LogP contribution in [0.3, 0.4) is 0 Å². The van der Waals surface area contributed by atoms with Crippen LogP contribution in [0, 0.1) is 0 Å². The molecular weight excluding hydrogens is 320 g/mol. The Kier molecular flexibility index (Phi) is 4.67. The summed E-state index contributed by atoms with van der Waals surface area (Å²) in [6.45, 7) is 0. The summed E-state index contributed by atoms with van der Waals surface area (Å²) in [5.74, 6) is 0.561. The van der Waals surface area contributed by atoms with Crippen molar-refractivity contribution in [3.63, 3.8) is 0 Å². The van der Waals surface area contributed by atoms with Gasteiger partial charge in [-0.3, -0.25) is 0 Å². The van der Waals surface area contributed by atoms with E-state index in [1.165, 1.54) is 0 Å². The van der Waals surface area contributed by atoms with E-state index in [4.69, 9.17) is 4.74 Å². The largest absolute Gasteiger partial charge is 0.496 e. The lowest BCUT2D eigenvalue weighted by Crippen LogP contribution is -2.16. The van der Waals surface area contributed by atoms with Gasteiger partial charge in [0, 0.05) is 5.56 Å². The van der Waals surface area contributed by atoms with Crippen LogP contribution in [0.4, 0.5) is 0 Å². The molecule has 0 radical (unpaired) electrons. The van der Waals surface area contributed by atoms with Crippen LogP contribution in [0.5, 0.6) is 5.75 Å². The van der Waals surface area contributed by atoms with E-state index in [-0.39, 0.29) is 0 Å². The minimum atomic E-state index is -3.62. The first-order valence-electron chi connectivity index (χ1n) is 7.61. The van der Waals surface area contributed by atoms with Crippen LogP contribution in [0.2, 0.25) is 0 Å². The van der Waals surface area contributed by atoms with E-state index in [2.05, 4.69) is 0 Å². The van der Waals surface area contributed by atoms with Crippen molar-refractivity contribution in [3.8, 4) is 5.75 Å². The summed E-state index contributed by atoms with van der Waals surface area (Å²) in [7, 11) is -2.07. The van der Waals surface area contributed by atoms with Gasteiger partial charge in [-0.1, -0.05) is 66.7 Å². The van der Waals surface area contributed by atoms with Crippen molar-refractivity contribution in [2.75, 3.05) is 7.11 Å². The molecule has 1 unspecified atom stereocenters. The summed E-state index contributed by atoms with van der Waals surface area (Å²) in [4.78, 5) is 0.296. The molecule has 0 saturated carbocycles. The van der Waals surface area contributed by atoms with E-state index in [9.17, 15) is 8.42 Å². The number of rotatable bonds is 5. The molecule has 122 valence electrons. The van der Waals surface area contributed by atoms with Crippen LogP contribution >= 0.6 is 0 Å². The number of hydrogen-bond acceptors (Lipinski definition) is 3. The van der Waals surface area contributed by atoms with Gasteiger partial charge in [0.2, 0.25) is 0 Å². The molecule has 1 atom stereocenters. The van der Waals surface area contributed by atoms with Crippen molar-refractivity contribution in [2.24, 2.45) is 0 Å². The van der Waals surface area contributed by atoms with Crippen molar-refractivity contribution >= 4 is 9.84 Å². The van der Waals surface area contributed by atoms with Crippen molar-refractivity contribution in [3.05, 3.63) is 96.1 Å². The van der Waals surface area contributed by atoms with Crippen LogP contribution in [-0.4, -0.2) is 15.5 Å². The molecule has 0 aliphatic heterocycles. The Morgan fingerprint density at radius 1 is 0.750 bits per heavy atom. The van der Waals surface area contributed by atoms with Gasteiger partial charge in [-0.2, -0.15) is 0 Å². The molecule has 3 rings (SSSR count). The highest BCUT2D eigenvalue weighted by Gasteiger charge is 2.32. The molecule has 24 heavy (non-hydrogen) atoms. The van der Waals surface area contributed by atoms with Gasteiger partial charge in [0.15, 0.2) is 9.84 Å². The number of para-hydroxylation sites is 1. The van der Waals surface area contributed by atoms with Crippen molar-refractivity contribution < 1.29 is 13.2 Å². The Labute approximate surface area is 142 Å². The minimum absolute atomic E-state index is 0.296. The second-order valence-electron chi connectivity index (χ2n) is 5.39. The topological polar surface area (TPSA) is 43.4 Å². The van der Waals surface area contributed by atoms with Crippen molar-refractivity contribution in [1.29, 1.82) is 0 Å². The molecule has 4 heteroatoms. The zero-order chi connectivity index (χ0) is 17.0. The second-order valence-corrected chi connectivity index (χ2v) is 7.42. The molecule has 0 aliphatic rings. The molecule has 0 saturated heterocycles. The van der Waals surface area contributed by atoms with E-state index in [1.54, 1.807) is 49.6 Å². The Morgan fingerprint density at radius 3 is 1.92 bits per heavy atom. The van der Waals surface area contributed by atoms with Crippen molar-refractivity contribution in [2.45, 2.75) is 10.1 Å². The molecule has 3 aromatic rings. The third kappa shape index (κ3) is 3.05. The highest BCUT2D eigenvalue weighted by atomic mass is 32.2. The first-order valence-corrected chi connectivity index (χ1v) is 9.16. The monoisotopic (exact) mass is 338 g/mol. The zero-order valence-electron chi connectivity index (χ0n) is 13.3. The van der Waals surface area contributed by atoms with Gasteiger partial charge in [-0.15, -0.1) is 0 Å². The maximum atomic E-state index is 13.3. The molecule has 0 aromatic heterocycles. The maximum absolute atomic E-state index is 13.3. The summed E-state index contributed by atoms with van der Waals surface area (Å²) in [5.41, 5.74) is 1.35. The number of benzene rings is 3. The van der Waals surface area contributed by atoms with Crippen molar-refractivity contribution in [1.82, 2.24) is 0 Å². The van der Waals surface area contributed by atoms with Gasteiger partial charge in [-0.25, -0.2) is 8.42 Å². The lowest BCUT2D eigenvalue weighted by Gasteiger charge is -2.21. The standard InChI is InChI=1S/C20H18O3S/c1-23-19-15-9-8-14-18(19)20(16-10-4-2-5-11-16)24(21,22)17-12-6-3-7-13-17/h2-15,20H,1H3. The summed E-state index contributed by atoms with van der Waals surface area (Å²) < 4.78 is 32.1. The van der Waals surface area contributed by atoms with Gasteiger partial charge in [-0.05, 0) is 23.8 Å². The van der Waals surface area contributed by atoms with Crippen LogP contribution in [-0.2, 0) is 9.84 Å². The SMILES string of the molecule is COc1ccccc1C(c1ccccc1)S(=O)(=O)c1ccccc1. The number of ether oxygens (including phenoxy) is 1. The smallest absolute Gasteiger partial charge is 0.189 e. The predicted molar refractivity (Wildman–Crippen MR) is 94.9 cm³/mol. The van der Waals surface area contributed by atoms with Gasteiger partial charge < -0.3 is 4.74 Å². The molecular formula is C20H18O3S. The van der Waals surface area contributed by atoms with Crippen LogP contribution in [0.15, 0.2) is 89.8 Å². The quantitative estimate of drug-likeness (QED) is 0.698. The Bertz CT molecular complexity index is 904. The Balaban J connectivity index is 2.24. The van der Waals surface area contributed by atoms with E-state index in [1.807, 2.05) is 42.5 Å². The maximum Gasteiger partial charge on any atom is 0.189 e. The molecule has 0 N–H and O–H groups in total. The number of hydrogen-bond donors (Lipinski definition) is 0. The highest BCUT2D eigenvalue weighted by molar-refractivity contribution is 7.92. The lowest BCUT2D eigenvalue weighted by atomic mass is 10.0. The van der Waals surface area contributed by atoms with Gasteiger partial charge in [0.25, 0.3) is 0 Å². The number of sulfone groups is 1. The molecule has 0 fully saturated rings. The zero-order valence-corrected chi connectivity index (χ0v) is 14.1. The van der Waals surface area contributed by atoms with Crippen LogP contribution in [0.25, 0.3) is 0 Å². The summed E-state index contributed by atoms with van der Waals surface area (Å²) in [6, 6.07) is 25.0. The van der Waals surface area contributed by atoms with Crippen LogP contribution < -0.4 is 4.74 Å². The first kappa shape index (κ1) is 16.3. The third-order valence-corrected chi connectivity index (χ3v) is 5.98. The summed E-state index contributed by atoms with van der Waals surface area (Å²) in [5, 5.41) is -0.822. The van der Waals surface area contributed by atoms with Gasteiger partial charge >= 0.3 is 0 Å². The Hall–Kier alpha value is -2.59. The van der Waals surface area contributed by atoms with E-state index < -0.39 is 15.1 Å². The fourth-order valence-corrected chi connectivity index (χ4v) is 4.64. The number of methoxy groups -OCH3 is 1. The fraction of sp³-hybridized carbons (Fsp3) is 0.100. The molecule has 0 spiro atoms. The van der Waals surface area contributed by atoms with Crippen LogP contribution in [0.1, 0.15) is 16.4 Å². The molecule has 0 bridgehead atoms. The fourth-order valence-electron chi connectivity index (χ4n) is 2.78. The van der Waals surface area contributed by atoms with E-state index in [0.717, 1.165) is 0 Å². The highest BCUT2D eigenvalue weighted by Crippen LogP contribution is 2.39. The van der Waals surface area contributed by atoms with E-state index >= 15 is 0 Å². The van der Waals surface area contributed by atoms with Gasteiger partial charge in [0.05, 0.1) is 12.0 Å². The minimum Gasteiger partial charge on any atom is -0.496 e. The molecule has 0 heterocycles. The molecule has 3 aromatic carbocycles. The third-order valence-electron chi connectivity index (χ3n) is 3.91. The average Bonchev–Trinajstić information content (AvgIpc) is 2.64. The normalized spacial score (nSPS) is 12.5. The lowest BCUT2D eigenvalue weighted by molar-refractivity contribution is 0.409. The predicted octanol–water partition coefficient (Wildman–Crippen LogP) is 4.26. The summed E-state index contributed by atoms with van der Waals surface area (Å²) in [6.07, 6.45) is 0. The molecule has 3 nitrogen and oxygen atoms in total. The Morgan fingerprint density at radius 2 is 1.29 bits per heavy atom.